The number of hydrogen-bond donors (Lipinski definition) is 0. The van der Waals surface area contributed by atoms with Gasteiger partial charge in [-0.1, -0.05) is 52.8 Å². The molecule has 0 aliphatic rings. The Morgan fingerprint density at radius 1 is 1.13 bits per heavy atom. The van der Waals surface area contributed by atoms with E-state index in [1.165, 1.54) is 19.3 Å². The van der Waals surface area contributed by atoms with Gasteiger partial charge in [0.15, 0.2) is 0 Å². The van der Waals surface area contributed by atoms with Crippen LogP contribution in [0.4, 0.5) is 0 Å². The highest BCUT2D eigenvalue weighted by Gasteiger charge is 2.17. The summed E-state index contributed by atoms with van der Waals surface area (Å²) < 4.78 is 0. The molecule has 1 unspecified atom stereocenters. The van der Waals surface area contributed by atoms with E-state index in [1.807, 2.05) is 0 Å². The Morgan fingerprint density at radius 2 is 1.73 bits per heavy atom. The quantitative estimate of drug-likeness (QED) is 0.503. The Balaban J connectivity index is 3.92. The Bertz CT molecular complexity index is 196. The first kappa shape index (κ1) is 14.5. The lowest BCUT2D eigenvalue weighted by Crippen LogP contribution is -2.13. The molecule has 0 aliphatic carbocycles. The maximum absolute atomic E-state index is 3.85. The molecule has 0 heteroatoms. The largest absolute Gasteiger partial charge is 0.103 e. The highest BCUT2D eigenvalue weighted by Crippen LogP contribution is 2.30. The van der Waals surface area contributed by atoms with Gasteiger partial charge in [0.05, 0.1) is 0 Å². The molecule has 88 valence electrons. The van der Waals surface area contributed by atoms with Gasteiger partial charge < -0.3 is 0 Å². The fourth-order valence-corrected chi connectivity index (χ4v) is 1.81. The molecule has 0 aliphatic heterocycles. The van der Waals surface area contributed by atoms with Gasteiger partial charge in [-0.25, -0.2) is 0 Å². The van der Waals surface area contributed by atoms with E-state index in [1.54, 1.807) is 0 Å². The highest BCUT2D eigenvalue weighted by molar-refractivity contribution is 4.90. The molecular weight excluding hydrogens is 180 g/mol. The van der Waals surface area contributed by atoms with Crippen molar-refractivity contribution in [2.45, 2.75) is 53.9 Å². The smallest absolute Gasteiger partial charge is 0.0259 e. The van der Waals surface area contributed by atoms with Crippen LogP contribution in [0.1, 0.15) is 53.9 Å². The van der Waals surface area contributed by atoms with Crippen molar-refractivity contribution in [2.24, 2.45) is 17.3 Å². The van der Waals surface area contributed by atoms with Crippen molar-refractivity contribution in [3.05, 3.63) is 24.8 Å². The van der Waals surface area contributed by atoms with Crippen molar-refractivity contribution in [1.29, 1.82) is 0 Å². The Morgan fingerprint density at radius 3 is 2.20 bits per heavy atom. The SMILES string of the molecule is C=CC(C)CC(C)(C)CC=CCC(C)C. The zero-order chi connectivity index (χ0) is 11.9. The van der Waals surface area contributed by atoms with Gasteiger partial charge in [0.25, 0.3) is 0 Å². The first-order valence-electron chi connectivity index (χ1n) is 6.15. The van der Waals surface area contributed by atoms with E-state index in [0.717, 1.165) is 5.92 Å². The zero-order valence-corrected chi connectivity index (χ0v) is 11.2. The molecule has 0 amide bonds. The van der Waals surface area contributed by atoms with Gasteiger partial charge in [0.2, 0.25) is 0 Å². The molecule has 0 aromatic carbocycles. The predicted octanol–water partition coefficient (Wildman–Crippen LogP) is 5.22. The van der Waals surface area contributed by atoms with Crippen molar-refractivity contribution in [2.75, 3.05) is 0 Å². The first-order valence-corrected chi connectivity index (χ1v) is 6.15. The van der Waals surface area contributed by atoms with Crippen molar-refractivity contribution in [3.8, 4) is 0 Å². The fraction of sp³-hybridized carbons (Fsp3) is 0.733. The van der Waals surface area contributed by atoms with Crippen molar-refractivity contribution in [3.63, 3.8) is 0 Å². The molecule has 0 aromatic rings. The van der Waals surface area contributed by atoms with Crippen molar-refractivity contribution < 1.29 is 0 Å². The summed E-state index contributed by atoms with van der Waals surface area (Å²) in [5, 5.41) is 0. The van der Waals surface area contributed by atoms with Gasteiger partial charge >= 0.3 is 0 Å². The molecule has 0 heterocycles. The van der Waals surface area contributed by atoms with Crippen LogP contribution in [0.25, 0.3) is 0 Å². The first-order chi connectivity index (χ1) is 6.87. The lowest BCUT2D eigenvalue weighted by atomic mass is 9.80. The minimum absolute atomic E-state index is 0.404. The summed E-state index contributed by atoms with van der Waals surface area (Å²) in [5.74, 6) is 1.40. The summed E-state index contributed by atoms with van der Waals surface area (Å²) >= 11 is 0. The lowest BCUT2D eigenvalue weighted by Gasteiger charge is -2.25. The Hall–Kier alpha value is -0.520. The normalized spacial score (nSPS) is 14.8. The third-order valence-electron chi connectivity index (χ3n) is 2.72. The average molecular weight is 208 g/mol. The van der Waals surface area contributed by atoms with E-state index in [0.29, 0.717) is 11.3 Å². The Kier molecular flexibility index (Phi) is 6.63. The summed E-state index contributed by atoms with van der Waals surface area (Å²) in [7, 11) is 0. The van der Waals surface area contributed by atoms with Crippen LogP contribution >= 0.6 is 0 Å². The molecule has 0 saturated carbocycles. The Labute approximate surface area is 96.5 Å². The molecule has 0 nitrogen and oxygen atoms in total. The van der Waals surface area contributed by atoms with Crippen LogP contribution in [0.2, 0.25) is 0 Å². The second-order valence-corrected chi connectivity index (χ2v) is 5.89. The van der Waals surface area contributed by atoms with E-state index in [4.69, 9.17) is 0 Å². The minimum atomic E-state index is 0.404. The molecule has 0 fully saturated rings. The van der Waals surface area contributed by atoms with Gasteiger partial charge in [-0.05, 0) is 36.5 Å². The van der Waals surface area contributed by atoms with E-state index in [2.05, 4.69) is 59.4 Å². The molecule has 0 spiro atoms. The summed E-state index contributed by atoms with van der Waals surface area (Å²) in [5.41, 5.74) is 0.404. The summed E-state index contributed by atoms with van der Waals surface area (Å²) in [6.45, 7) is 15.3. The number of hydrogen-bond acceptors (Lipinski definition) is 0. The molecule has 0 aromatic heterocycles. The summed E-state index contributed by atoms with van der Waals surface area (Å²) in [4.78, 5) is 0. The summed E-state index contributed by atoms with van der Waals surface area (Å²) in [6, 6.07) is 0. The third-order valence-corrected chi connectivity index (χ3v) is 2.72. The molecule has 0 rings (SSSR count). The lowest BCUT2D eigenvalue weighted by molar-refractivity contribution is 0.304. The van der Waals surface area contributed by atoms with Gasteiger partial charge in [-0.3, -0.25) is 0 Å². The second kappa shape index (κ2) is 6.87. The maximum atomic E-state index is 3.85. The molecule has 0 saturated heterocycles. The second-order valence-electron chi connectivity index (χ2n) is 5.89. The van der Waals surface area contributed by atoms with Crippen LogP contribution in [0.3, 0.4) is 0 Å². The molecule has 15 heavy (non-hydrogen) atoms. The third kappa shape index (κ3) is 8.47. The van der Waals surface area contributed by atoms with Gasteiger partial charge in [-0.15, -0.1) is 6.58 Å². The van der Waals surface area contributed by atoms with E-state index >= 15 is 0 Å². The predicted molar refractivity (Wildman–Crippen MR) is 71.0 cm³/mol. The molecular formula is C15H28. The van der Waals surface area contributed by atoms with Gasteiger partial charge in [0.1, 0.15) is 0 Å². The van der Waals surface area contributed by atoms with E-state index in [-0.39, 0.29) is 0 Å². The molecule has 1 atom stereocenters. The fourth-order valence-electron chi connectivity index (χ4n) is 1.81. The average Bonchev–Trinajstić information content (AvgIpc) is 2.11. The van der Waals surface area contributed by atoms with Crippen molar-refractivity contribution >= 4 is 0 Å². The highest BCUT2D eigenvalue weighted by atomic mass is 14.2. The van der Waals surface area contributed by atoms with Crippen LogP contribution in [0, 0.1) is 17.3 Å². The van der Waals surface area contributed by atoms with Crippen LogP contribution in [0.15, 0.2) is 24.8 Å². The number of allylic oxidation sites excluding steroid dienone is 3. The minimum Gasteiger partial charge on any atom is -0.103 e. The molecule has 0 N–H and O–H groups in total. The molecule has 0 radical (unpaired) electrons. The van der Waals surface area contributed by atoms with Crippen LogP contribution in [-0.4, -0.2) is 0 Å². The van der Waals surface area contributed by atoms with Gasteiger partial charge in [-0.2, -0.15) is 0 Å². The van der Waals surface area contributed by atoms with Crippen molar-refractivity contribution in [1.82, 2.24) is 0 Å². The standard InChI is InChI=1S/C15H28/c1-7-14(4)12-15(5,6)11-9-8-10-13(2)3/h7-9,13-14H,1,10-12H2,2-6H3. The van der Waals surface area contributed by atoms with E-state index < -0.39 is 0 Å². The maximum Gasteiger partial charge on any atom is -0.0259 e. The molecule has 0 bridgehead atoms. The monoisotopic (exact) mass is 208 g/mol. The van der Waals surface area contributed by atoms with E-state index in [9.17, 15) is 0 Å². The van der Waals surface area contributed by atoms with Gasteiger partial charge in [0, 0.05) is 0 Å². The topological polar surface area (TPSA) is 0 Å². The van der Waals surface area contributed by atoms with Crippen LogP contribution in [0.5, 0.6) is 0 Å². The summed E-state index contributed by atoms with van der Waals surface area (Å²) in [6.07, 6.45) is 10.3. The van der Waals surface area contributed by atoms with Crippen LogP contribution in [-0.2, 0) is 0 Å². The number of rotatable bonds is 7. The zero-order valence-electron chi connectivity index (χ0n) is 11.2. The van der Waals surface area contributed by atoms with Crippen LogP contribution < -0.4 is 0 Å².